The molecule has 2 aromatic rings. The predicted molar refractivity (Wildman–Crippen MR) is 53.2 cm³/mol. The summed E-state index contributed by atoms with van der Waals surface area (Å²) in [5.74, 6) is 0.155. The number of aromatic nitrogens is 1. The number of rotatable bonds is 2. The lowest BCUT2D eigenvalue weighted by atomic mass is 10.4. The maximum Gasteiger partial charge on any atom is 0.267 e. The molecule has 3 N–H and O–H groups in total. The number of thiophene rings is 1. The van der Waals surface area contributed by atoms with E-state index in [1.807, 2.05) is 0 Å². The molecule has 0 unspecified atom stereocenters. The molecule has 0 aliphatic carbocycles. The summed E-state index contributed by atoms with van der Waals surface area (Å²) in [7, 11) is 0. The van der Waals surface area contributed by atoms with Crippen LogP contribution in [0.3, 0.4) is 0 Å². The Bertz CT molecular complexity index is 435. The number of carbonyl (C=O) groups excluding carboxylic acids is 1. The van der Waals surface area contributed by atoms with Crippen LogP contribution >= 0.6 is 11.3 Å². The van der Waals surface area contributed by atoms with E-state index in [2.05, 4.69) is 15.0 Å². The molecule has 14 heavy (non-hydrogen) atoms. The quantitative estimate of drug-likeness (QED) is 0.786. The van der Waals surface area contributed by atoms with Gasteiger partial charge in [0.05, 0.1) is 4.88 Å². The van der Waals surface area contributed by atoms with Crippen molar-refractivity contribution in [3.63, 3.8) is 0 Å². The lowest BCUT2D eigenvalue weighted by Crippen LogP contribution is -2.10. The van der Waals surface area contributed by atoms with Crippen LogP contribution in [0.25, 0.3) is 0 Å². The maximum atomic E-state index is 11.5. The predicted octanol–water partition coefficient (Wildman–Crippen LogP) is 1.57. The smallest absolute Gasteiger partial charge is 0.267 e. The van der Waals surface area contributed by atoms with E-state index in [-0.39, 0.29) is 5.91 Å². The minimum Gasteiger partial charge on any atom is -0.398 e. The number of nitrogens with zero attached hydrogens (tertiary/aromatic N) is 1. The molecule has 0 aliphatic rings. The lowest BCUT2D eigenvalue weighted by molar-refractivity contribution is 0.102. The lowest BCUT2D eigenvalue weighted by Gasteiger charge is -1.96. The van der Waals surface area contributed by atoms with Gasteiger partial charge in [-0.25, -0.2) is 0 Å². The average Bonchev–Trinajstić information content (AvgIpc) is 2.75. The van der Waals surface area contributed by atoms with Crippen LogP contribution in [0.4, 0.5) is 11.5 Å². The summed E-state index contributed by atoms with van der Waals surface area (Å²) in [5, 5.41) is 7.82. The Morgan fingerprint density at radius 2 is 2.50 bits per heavy atom. The van der Waals surface area contributed by atoms with Crippen molar-refractivity contribution in [2.75, 3.05) is 11.1 Å². The van der Waals surface area contributed by atoms with Gasteiger partial charge in [0, 0.05) is 17.1 Å². The minimum atomic E-state index is -0.236. The van der Waals surface area contributed by atoms with Gasteiger partial charge in [-0.15, -0.1) is 11.3 Å². The molecule has 0 aromatic carbocycles. The van der Waals surface area contributed by atoms with Gasteiger partial charge >= 0.3 is 0 Å². The second-order valence-electron chi connectivity index (χ2n) is 2.58. The molecule has 0 saturated heterocycles. The third kappa shape index (κ3) is 1.74. The van der Waals surface area contributed by atoms with E-state index < -0.39 is 0 Å². The van der Waals surface area contributed by atoms with E-state index in [4.69, 9.17) is 5.73 Å². The van der Waals surface area contributed by atoms with E-state index in [0.29, 0.717) is 16.4 Å². The molecule has 0 spiro atoms. The Kier molecular flexibility index (Phi) is 2.19. The van der Waals surface area contributed by atoms with Gasteiger partial charge in [0.1, 0.15) is 6.26 Å². The maximum absolute atomic E-state index is 11.5. The number of nitrogen functional groups attached to an aromatic ring is 1. The van der Waals surface area contributed by atoms with Gasteiger partial charge < -0.3 is 15.6 Å². The van der Waals surface area contributed by atoms with Crippen molar-refractivity contribution in [1.82, 2.24) is 5.16 Å². The number of nitrogens with one attached hydrogen (secondary N) is 1. The summed E-state index contributed by atoms with van der Waals surface area (Å²) in [4.78, 5) is 12.0. The molecular formula is C8H7N3O2S. The molecule has 72 valence electrons. The highest BCUT2D eigenvalue weighted by Gasteiger charge is 2.09. The zero-order chi connectivity index (χ0) is 9.97. The van der Waals surface area contributed by atoms with E-state index in [9.17, 15) is 4.79 Å². The third-order valence-electron chi connectivity index (χ3n) is 1.52. The zero-order valence-electron chi connectivity index (χ0n) is 7.06. The molecule has 1 amide bonds. The van der Waals surface area contributed by atoms with Gasteiger partial charge in [-0.3, -0.25) is 4.79 Å². The van der Waals surface area contributed by atoms with Crippen LogP contribution < -0.4 is 11.1 Å². The molecule has 0 atom stereocenters. The van der Waals surface area contributed by atoms with E-state index >= 15 is 0 Å². The Hall–Kier alpha value is -1.82. The number of hydrogen-bond acceptors (Lipinski definition) is 5. The molecule has 0 aliphatic heterocycles. The largest absolute Gasteiger partial charge is 0.398 e. The second-order valence-corrected chi connectivity index (χ2v) is 3.49. The number of amides is 1. The van der Waals surface area contributed by atoms with Gasteiger partial charge in [0.2, 0.25) is 0 Å². The Morgan fingerprint density at radius 1 is 1.64 bits per heavy atom. The van der Waals surface area contributed by atoms with Crippen molar-refractivity contribution in [2.24, 2.45) is 0 Å². The molecule has 0 saturated carbocycles. The normalized spacial score (nSPS) is 10.0. The van der Waals surface area contributed by atoms with Crippen molar-refractivity contribution in [3.8, 4) is 0 Å². The van der Waals surface area contributed by atoms with Crippen molar-refractivity contribution < 1.29 is 9.32 Å². The van der Waals surface area contributed by atoms with Crippen LogP contribution in [-0.2, 0) is 0 Å². The SMILES string of the molecule is Nc1csc(C(=O)Nc2ccon2)c1. The number of anilines is 2. The second kappa shape index (κ2) is 3.51. The summed E-state index contributed by atoms with van der Waals surface area (Å²) >= 11 is 1.28. The fourth-order valence-electron chi connectivity index (χ4n) is 0.925. The first-order valence-electron chi connectivity index (χ1n) is 3.81. The van der Waals surface area contributed by atoms with Crippen LogP contribution in [0.15, 0.2) is 28.3 Å². The molecule has 2 aromatic heterocycles. The number of nitrogens with two attached hydrogens (primary N) is 1. The molecule has 0 radical (unpaired) electrons. The monoisotopic (exact) mass is 209 g/mol. The van der Waals surface area contributed by atoms with Gasteiger partial charge in [-0.1, -0.05) is 5.16 Å². The molecule has 2 heterocycles. The minimum absolute atomic E-state index is 0.236. The molecule has 0 fully saturated rings. The summed E-state index contributed by atoms with van der Waals surface area (Å²) in [5.41, 5.74) is 6.07. The molecule has 6 heteroatoms. The topological polar surface area (TPSA) is 81.2 Å². The van der Waals surface area contributed by atoms with Crippen molar-refractivity contribution in [2.45, 2.75) is 0 Å². The first kappa shape index (κ1) is 8.76. The van der Waals surface area contributed by atoms with E-state index in [1.54, 1.807) is 17.5 Å². The van der Waals surface area contributed by atoms with Crippen molar-refractivity contribution in [3.05, 3.63) is 28.7 Å². The highest BCUT2D eigenvalue weighted by atomic mass is 32.1. The van der Waals surface area contributed by atoms with Crippen LogP contribution in [0.2, 0.25) is 0 Å². The van der Waals surface area contributed by atoms with Crippen LogP contribution in [0.5, 0.6) is 0 Å². The molecule has 5 nitrogen and oxygen atoms in total. The Morgan fingerprint density at radius 3 is 3.07 bits per heavy atom. The number of hydrogen-bond donors (Lipinski definition) is 2. The highest BCUT2D eigenvalue weighted by Crippen LogP contribution is 2.17. The molecule has 0 bridgehead atoms. The summed E-state index contributed by atoms with van der Waals surface area (Å²) in [6.07, 6.45) is 1.39. The third-order valence-corrected chi connectivity index (χ3v) is 2.47. The average molecular weight is 209 g/mol. The zero-order valence-corrected chi connectivity index (χ0v) is 7.88. The summed E-state index contributed by atoms with van der Waals surface area (Å²) in [6, 6.07) is 3.18. The molecular weight excluding hydrogens is 202 g/mol. The highest BCUT2D eigenvalue weighted by molar-refractivity contribution is 7.12. The van der Waals surface area contributed by atoms with Gasteiger partial charge in [0.25, 0.3) is 5.91 Å². The van der Waals surface area contributed by atoms with Crippen LogP contribution in [-0.4, -0.2) is 11.1 Å². The van der Waals surface area contributed by atoms with Gasteiger partial charge in [-0.2, -0.15) is 0 Å². The van der Waals surface area contributed by atoms with Gasteiger partial charge in [-0.05, 0) is 6.07 Å². The molecule has 2 rings (SSSR count). The summed E-state index contributed by atoms with van der Waals surface area (Å²) < 4.78 is 4.57. The van der Waals surface area contributed by atoms with Crippen LogP contribution in [0.1, 0.15) is 9.67 Å². The van der Waals surface area contributed by atoms with Crippen molar-refractivity contribution in [1.29, 1.82) is 0 Å². The first-order chi connectivity index (χ1) is 6.75. The summed E-state index contributed by atoms with van der Waals surface area (Å²) in [6.45, 7) is 0. The Labute approximate surface area is 83.5 Å². The Balaban J connectivity index is 2.10. The van der Waals surface area contributed by atoms with E-state index in [0.717, 1.165) is 0 Å². The van der Waals surface area contributed by atoms with Gasteiger partial charge in [0.15, 0.2) is 5.82 Å². The number of carbonyl (C=O) groups is 1. The van der Waals surface area contributed by atoms with Crippen molar-refractivity contribution >= 4 is 28.7 Å². The fourth-order valence-corrected chi connectivity index (χ4v) is 1.62. The van der Waals surface area contributed by atoms with Crippen LogP contribution in [0, 0.1) is 0 Å². The standard InChI is InChI=1S/C8H7N3O2S/c9-5-3-6(14-4-5)8(12)10-7-1-2-13-11-7/h1-4H,9H2,(H,10,11,12). The van der Waals surface area contributed by atoms with E-state index in [1.165, 1.54) is 17.6 Å². The first-order valence-corrected chi connectivity index (χ1v) is 4.69. The fraction of sp³-hybridized carbons (Fsp3) is 0.